The van der Waals surface area contributed by atoms with Gasteiger partial charge in [-0.05, 0) is 54.8 Å². The van der Waals surface area contributed by atoms with Gasteiger partial charge in [0, 0.05) is 16.1 Å². The molecule has 0 unspecified atom stereocenters. The Morgan fingerprint density at radius 3 is 2.58 bits per heavy atom. The van der Waals surface area contributed by atoms with Gasteiger partial charge in [-0.3, -0.25) is 0 Å². The van der Waals surface area contributed by atoms with E-state index in [0.717, 1.165) is 22.3 Å². The van der Waals surface area contributed by atoms with Crippen LogP contribution in [0.2, 0.25) is 5.02 Å². The molecule has 0 aliphatic heterocycles. The molecule has 2 aromatic rings. The van der Waals surface area contributed by atoms with E-state index in [2.05, 4.69) is 17.1 Å². The van der Waals surface area contributed by atoms with Crippen molar-refractivity contribution >= 4 is 34.6 Å². The molecule has 3 rings (SSSR count). The van der Waals surface area contributed by atoms with Crippen molar-refractivity contribution in [1.82, 2.24) is 4.98 Å². The summed E-state index contributed by atoms with van der Waals surface area (Å²) in [6.45, 7) is 3.66. The number of hydrogen-bond donors (Lipinski definition) is 1. The minimum Gasteiger partial charge on any atom is -0.496 e. The number of methoxy groups -OCH3 is 1. The van der Waals surface area contributed by atoms with Gasteiger partial charge in [-0.1, -0.05) is 11.6 Å². The number of rotatable bonds is 2. The number of halogens is 1. The zero-order valence-corrected chi connectivity index (χ0v) is 15.3. The van der Waals surface area contributed by atoms with Crippen LogP contribution in [0.1, 0.15) is 34.9 Å². The number of ether oxygens (including phenoxy) is 1. The van der Waals surface area contributed by atoms with Crippen LogP contribution in [0, 0.1) is 29.6 Å². The number of aromatic nitrogens is 1. The standard InChI is InChI=1S/C20H15ClN4O/c1-10-14(7-12-6-13(21)4-5-17(12)26-3)18-11(2)16(9-23)20(24)25-19(18)15(10)8-22/h4-7H,1-3H3,(H2,24,25)/b14-7-. The zero-order valence-electron chi connectivity index (χ0n) is 14.5. The van der Waals surface area contributed by atoms with E-state index in [1.807, 2.05) is 19.9 Å². The van der Waals surface area contributed by atoms with Crippen molar-refractivity contribution in [2.24, 2.45) is 0 Å². The molecule has 1 aliphatic carbocycles. The number of fused-ring (bicyclic) bond motifs is 1. The number of allylic oxidation sites excluding steroid dienone is 3. The summed E-state index contributed by atoms with van der Waals surface area (Å²) in [7, 11) is 1.58. The Hall–Kier alpha value is -3.28. The maximum absolute atomic E-state index is 9.59. The van der Waals surface area contributed by atoms with Crippen LogP contribution in [0.5, 0.6) is 5.75 Å². The molecule has 1 heterocycles. The highest BCUT2D eigenvalue weighted by Crippen LogP contribution is 2.44. The first-order valence-electron chi connectivity index (χ1n) is 7.80. The van der Waals surface area contributed by atoms with Crippen LogP contribution >= 0.6 is 11.6 Å². The monoisotopic (exact) mass is 362 g/mol. The lowest BCUT2D eigenvalue weighted by Gasteiger charge is -2.12. The largest absolute Gasteiger partial charge is 0.496 e. The summed E-state index contributed by atoms with van der Waals surface area (Å²) in [4.78, 5) is 4.32. The van der Waals surface area contributed by atoms with E-state index in [9.17, 15) is 10.5 Å². The lowest BCUT2D eigenvalue weighted by Crippen LogP contribution is -2.03. The summed E-state index contributed by atoms with van der Waals surface area (Å²) in [5.74, 6) is 0.786. The van der Waals surface area contributed by atoms with E-state index in [1.165, 1.54) is 0 Å². The molecule has 0 amide bonds. The molecule has 1 aromatic carbocycles. The van der Waals surface area contributed by atoms with Gasteiger partial charge in [-0.2, -0.15) is 10.5 Å². The Morgan fingerprint density at radius 1 is 1.23 bits per heavy atom. The van der Waals surface area contributed by atoms with Gasteiger partial charge >= 0.3 is 0 Å². The molecule has 6 heteroatoms. The predicted octanol–water partition coefficient (Wildman–Crippen LogP) is 4.36. The third-order valence-corrected chi connectivity index (χ3v) is 4.71. The molecule has 26 heavy (non-hydrogen) atoms. The number of nitrogens with zero attached hydrogens (tertiary/aromatic N) is 3. The molecular formula is C20H15ClN4O. The van der Waals surface area contributed by atoms with Crippen LogP contribution in [-0.2, 0) is 0 Å². The maximum Gasteiger partial charge on any atom is 0.142 e. The van der Waals surface area contributed by atoms with Gasteiger partial charge < -0.3 is 10.5 Å². The lowest BCUT2D eigenvalue weighted by molar-refractivity contribution is 0.414. The van der Waals surface area contributed by atoms with Crippen LogP contribution in [0.25, 0.3) is 17.2 Å². The molecule has 0 fully saturated rings. The number of benzene rings is 1. The molecule has 1 aromatic heterocycles. The van der Waals surface area contributed by atoms with Crippen molar-refractivity contribution in [3.8, 4) is 17.9 Å². The van der Waals surface area contributed by atoms with Crippen molar-refractivity contribution in [1.29, 1.82) is 10.5 Å². The summed E-state index contributed by atoms with van der Waals surface area (Å²) >= 11 is 6.13. The highest BCUT2D eigenvalue weighted by Gasteiger charge is 2.29. The Bertz CT molecular complexity index is 1080. The summed E-state index contributed by atoms with van der Waals surface area (Å²) in [6.07, 6.45) is 1.90. The average molecular weight is 363 g/mol. The summed E-state index contributed by atoms with van der Waals surface area (Å²) < 4.78 is 5.41. The molecule has 128 valence electrons. The quantitative estimate of drug-likeness (QED) is 0.856. The predicted molar refractivity (Wildman–Crippen MR) is 102 cm³/mol. The second-order valence-corrected chi connectivity index (χ2v) is 6.32. The highest BCUT2D eigenvalue weighted by atomic mass is 35.5. The molecule has 0 bridgehead atoms. The fraction of sp³-hybridized carbons (Fsp3) is 0.150. The number of anilines is 1. The topological polar surface area (TPSA) is 95.7 Å². The van der Waals surface area contributed by atoms with Gasteiger partial charge in [0.1, 0.15) is 23.7 Å². The van der Waals surface area contributed by atoms with E-state index in [-0.39, 0.29) is 5.82 Å². The molecule has 5 nitrogen and oxygen atoms in total. The SMILES string of the molecule is COc1ccc(Cl)cc1/C=C1/C(C)=C(C#N)c2nc(N)c(C#N)c(C)c21. The molecule has 0 saturated carbocycles. The van der Waals surface area contributed by atoms with Crippen LogP contribution in [-0.4, -0.2) is 12.1 Å². The number of hydrogen-bond acceptors (Lipinski definition) is 5. The Balaban J connectivity index is 2.36. The number of nitrogen functional groups attached to an aromatic ring is 1. The number of nitriles is 2. The molecule has 0 spiro atoms. The van der Waals surface area contributed by atoms with E-state index in [4.69, 9.17) is 22.1 Å². The van der Waals surface area contributed by atoms with Crippen molar-refractivity contribution in [2.75, 3.05) is 12.8 Å². The zero-order chi connectivity index (χ0) is 19.0. The Kier molecular flexibility index (Phi) is 4.42. The fourth-order valence-electron chi connectivity index (χ4n) is 3.17. The number of pyridine rings is 1. The molecule has 0 atom stereocenters. The van der Waals surface area contributed by atoms with Crippen LogP contribution in [0.4, 0.5) is 5.82 Å². The molecule has 0 saturated heterocycles. The third kappa shape index (κ3) is 2.60. The minimum atomic E-state index is 0.130. The number of nitrogens with two attached hydrogens (primary N) is 1. The second-order valence-electron chi connectivity index (χ2n) is 5.89. The highest BCUT2D eigenvalue weighted by molar-refractivity contribution is 6.30. The normalized spacial score (nSPS) is 14.2. The third-order valence-electron chi connectivity index (χ3n) is 4.48. The van der Waals surface area contributed by atoms with Gasteiger partial charge in [0.15, 0.2) is 0 Å². The van der Waals surface area contributed by atoms with Crippen molar-refractivity contribution in [3.05, 3.63) is 56.7 Å². The van der Waals surface area contributed by atoms with Crippen LogP contribution < -0.4 is 10.5 Å². The van der Waals surface area contributed by atoms with E-state index >= 15 is 0 Å². The van der Waals surface area contributed by atoms with Gasteiger partial charge in [0.05, 0.1) is 23.9 Å². The first kappa shape index (κ1) is 17.5. The first-order valence-corrected chi connectivity index (χ1v) is 8.18. The van der Waals surface area contributed by atoms with Gasteiger partial charge in [-0.25, -0.2) is 4.98 Å². The van der Waals surface area contributed by atoms with Gasteiger partial charge in [0.25, 0.3) is 0 Å². The summed E-state index contributed by atoms with van der Waals surface area (Å²) in [6, 6.07) is 9.61. The molecule has 1 aliphatic rings. The lowest BCUT2D eigenvalue weighted by atomic mass is 9.95. The van der Waals surface area contributed by atoms with Crippen molar-refractivity contribution in [3.63, 3.8) is 0 Å². The van der Waals surface area contributed by atoms with E-state index in [0.29, 0.717) is 33.2 Å². The minimum absolute atomic E-state index is 0.130. The fourth-order valence-corrected chi connectivity index (χ4v) is 3.35. The Morgan fingerprint density at radius 2 is 1.96 bits per heavy atom. The molecule has 0 radical (unpaired) electrons. The maximum atomic E-state index is 9.59. The van der Waals surface area contributed by atoms with Crippen molar-refractivity contribution in [2.45, 2.75) is 13.8 Å². The van der Waals surface area contributed by atoms with E-state index in [1.54, 1.807) is 25.3 Å². The van der Waals surface area contributed by atoms with E-state index < -0.39 is 0 Å². The van der Waals surface area contributed by atoms with Crippen LogP contribution in [0.3, 0.4) is 0 Å². The smallest absolute Gasteiger partial charge is 0.142 e. The molecular weight excluding hydrogens is 348 g/mol. The summed E-state index contributed by atoms with van der Waals surface area (Å²) in [5.41, 5.74) is 11.0. The average Bonchev–Trinajstić information content (AvgIpc) is 2.87. The first-order chi connectivity index (χ1) is 12.4. The van der Waals surface area contributed by atoms with Gasteiger partial charge in [0.2, 0.25) is 0 Å². The summed E-state index contributed by atoms with van der Waals surface area (Å²) in [5, 5.41) is 19.6. The second kappa shape index (κ2) is 6.55. The van der Waals surface area contributed by atoms with Crippen LogP contribution in [0.15, 0.2) is 23.8 Å². The van der Waals surface area contributed by atoms with Crippen molar-refractivity contribution < 1.29 is 4.74 Å². The molecule has 2 N–H and O–H groups in total. The van der Waals surface area contributed by atoms with Gasteiger partial charge in [-0.15, -0.1) is 0 Å². The Labute approximate surface area is 156 Å².